The molecule has 1 unspecified atom stereocenters. The fraction of sp³-hybridized carbons (Fsp3) is 0.435. The van der Waals surface area contributed by atoms with Crippen molar-refractivity contribution < 1.29 is 13.9 Å². The van der Waals surface area contributed by atoms with Crippen LogP contribution < -0.4 is 10.1 Å². The Bertz CT molecular complexity index is 771. The van der Waals surface area contributed by atoms with Crippen LogP contribution in [0.25, 0.3) is 0 Å². The van der Waals surface area contributed by atoms with Gasteiger partial charge in [-0.3, -0.25) is 9.69 Å². The second kappa shape index (κ2) is 9.69. The van der Waals surface area contributed by atoms with Crippen molar-refractivity contribution in [1.82, 2.24) is 10.2 Å². The molecule has 2 aromatic rings. The number of ether oxygens (including phenoxy) is 1. The number of aryl methyl sites for hydroxylation is 2. The van der Waals surface area contributed by atoms with Crippen LogP contribution in [0.15, 0.2) is 42.5 Å². The summed E-state index contributed by atoms with van der Waals surface area (Å²) in [7, 11) is 0. The number of benzene rings is 2. The van der Waals surface area contributed by atoms with E-state index in [-0.39, 0.29) is 17.6 Å². The number of amides is 1. The zero-order valence-electron chi connectivity index (χ0n) is 16.7. The summed E-state index contributed by atoms with van der Waals surface area (Å²) >= 11 is 0. The lowest BCUT2D eigenvalue weighted by Gasteiger charge is -2.32. The van der Waals surface area contributed by atoms with Crippen LogP contribution in [0.4, 0.5) is 4.39 Å². The molecule has 150 valence electrons. The maximum Gasteiger partial charge on any atom is 0.224 e. The van der Waals surface area contributed by atoms with E-state index >= 15 is 0 Å². The number of piperidine rings is 1. The highest BCUT2D eigenvalue weighted by molar-refractivity contribution is 5.78. The van der Waals surface area contributed by atoms with Gasteiger partial charge < -0.3 is 10.1 Å². The van der Waals surface area contributed by atoms with Gasteiger partial charge in [-0.15, -0.1) is 0 Å². The van der Waals surface area contributed by atoms with E-state index in [1.54, 1.807) is 0 Å². The van der Waals surface area contributed by atoms with Crippen molar-refractivity contribution in [3.63, 3.8) is 0 Å². The lowest BCUT2D eigenvalue weighted by atomic mass is 9.96. The molecule has 0 spiro atoms. The Morgan fingerprint density at radius 2 is 1.89 bits per heavy atom. The number of rotatable bonds is 7. The molecule has 1 N–H and O–H groups in total. The van der Waals surface area contributed by atoms with E-state index in [4.69, 9.17) is 4.74 Å². The van der Waals surface area contributed by atoms with Crippen molar-refractivity contribution in [2.75, 3.05) is 26.2 Å². The van der Waals surface area contributed by atoms with E-state index in [2.05, 4.69) is 16.3 Å². The molecule has 1 fully saturated rings. The van der Waals surface area contributed by atoms with Crippen molar-refractivity contribution in [3.8, 4) is 5.75 Å². The van der Waals surface area contributed by atoms with Gasteiger partial charge in [0, 0.05) is 13.1 Å². The van der Waals surface area contributed by atoms with Crippen molar-refractivity contribution in [1.29, 1.82) is 0 Å². The summed E-state index contributed by atoms with van der Waals surface area (Å²) in [5.74, 6) is 0.709. The number of hydrogen-bond donors (Lipinski definition) is 1. The molecule has 0 aromatic heterocycles. The summed E-state index contributed by atoms with van der Waals surface area (Å²) in [5.41, 5.74) is 3.41. The molecule has 5 heteroatoms. The van der Waals surface area contributed by atoms with Crippen LogP contribution in [-0.2, 0) is 11.3 Å². The Labute approximate surface area is 166 Å². The lowest BCUT2D eigenvalue weighted by molar-refractivity contribution is -0.126. The molecule has 1 saturated heterocycles. The minimum Gasteiger partial charge on any atom is -0.492 e. The number of carbonyl (C=O) groups is 1. The van der Waals surface area contributed by atoms with Gasteiger partial charge in [0.15, 0.2) is 0 Å². The highest BCUT2D eigenvalue weighted by Gasteiger charge is 2.25. The molecule has 0 saturated carbocycles. The average Bonchev–Trinajstić information content (AvgIpc) is 2.66. The smallest absolute Gasteiger partial charge is 0.224 e. The fourth-order valence-corrected chi connectivity index (χ4v) is 3.76. The maximum atomic E-state index is 13.1. The first-order chi connectivity index (χ1) is 13.5. The molecule has 0 radical (unpaired) electrons. The molecule has 0 bridgehead atoms. The molecule has 1 aliphatic rings. The molecule has 0 aliphatic carbocycles. The van der Waals surface area contributed by atoms with Crippen molar-refractivity contribution in [3.05, 3.63) is 65.0 Å². The van der Waals surface area contributed by atoms with Crippen molar-refractivity contribution >= 4 is 5.91 Å². The molecular formula is C23H29FN2O2. The lowest BCUT2D eigenvalue weighted by Crippen LogP contribution is -2.43. The van der Waals surface area contributed by atoms with E-state index in [1.165, 1.54) is 23.3 Å². The monoisotopic (exact) mass is 384 g/mol. The fourth-order valence-electron chi connectivity index (χ4n) is 3.76. The van der Waals surface area contributed by atoms with Crippen LogP contribution in [0.1, 0.15) is 29.5 Å². The van der Waals surface area contributed by atoms with E-state index in [1.807, 2.05) is 38.1 Å². The van der Waals surface area contributed by atoms with Crippen LogP contribution in [0.2, 0.25) is 0 Å². The molecule has 1 aliphatic heterocycles. The van der Waals surface area contributed by atoms with E-state index in [0.29, 0.717) is 13.2 Å². The third kappa shape index (κ3) is 6.06. The van der Waals surface area contributed by atoms with E-state index < -0.39 is 0 Å². The second-order valence-electron chi connectivity index (χ2n) is 7.66. The Kier molecular flexibility index (Phi) is 7.04. The minimum absolute atomic E-state index is 0.00425. The average molecular weight is 384 g/mol. The molecular weight excluding hydrogens is 355 g/mol. The molecule has 4 nitrogen and oxygen atoms in total. The summed E-state index contributed by atoms with van der Waals surface area (Å²) in [4.78, 5) is 14.8. The zero-order chi connectivity index (χ0) is 19.9. The summed E-state index contributed by atoms with van der Waals surface area (Å²) in [6.07, 6.45) is 1.90. The molecule has 1 heterocycles. The number of likely N-dealkylation sites (tertiary alicyclic amines) is 1. The highest BCUT2D eigenvalue weighted by atomic mass is 19.1. The summed E-state index contributed by atoms with van der Waals surface area (Å²) in [6.45, 7) is 7.50. The molecule has 2 aromatic carbocycles. The van der Waals surface area contributed by atoms with Gasteiger partial charge in [0.2, 0.25) is 5.91 Å². The summed E-state index contributed by atoms with van der Waals surface area (Å²) in [6, 6.07) is 12.7. The van der Waals surface area contributed by atoms with Gasteiger partial charge in [-0.05, 0) is 74.2 Å². The number of hydrogen-bond acceptors (Lipinski definition) is 3. The summed E-state index contributed by atoms with van der Waals surface area (Å²) < 4.78 is 18.8. The zero-order valence-corrected chi connectivity index (χ0v) is 16.7. The van der Waals surface area contributed by atoms with Crippen molar-refractivity contribution in [2.24, 2.45) is 5.92 Å². The second-order valence-corrected chi connectivity index (χ2v) is 7.66. The van der Waals surface area contributed by atoms with Gasteiger partial charge in [-0.2, -0.15) is 0 Å². The molecule has 28 heavy (non-hydrogen) atoms. The predicted octanol–water partition coefficient (Wildman–Crippen LogP) is 3.85. The van der Waals surface area contributed by atoms with Crippen LogP contribution in [0, 0.1) is 25.6 Å². The SMILES string of the molecule is Cc1cc(C)cc(OCCNC(=O)C2CCCN(Cc3ccc(F)cc3)C2)c1. The topological polar surface area (TPSA) is 41.6 Å². The van der Waals surface area contributed by atoms with Crippen LogP contribution in [0.3, 0.4) is 0 Å². The molecule has 1 atom stereocenters. The number of nitrogens with one attached hydrogen (secondary N) is 1. The third-order valence-electron chi connectivity index (χ3n) is 5.06. The van der Waals surface area contributed by atoms with E-state index in [9.17, 15) is 9.18 Å². The third-order valence-corrected chi connectivity index (χ3v) is 5.06. The minimum atomic E-state index is -0.220. The highest BCUT2D eigenvalue weighted by Crippen LogP contribution is 2.19. The Morgan fingerprint density at radius 3 is 2.61 bits per heavy atom. The van der Waals surface area contributed by atoms with Crippen LogP contribution >= 0.6 is 0 Å². The van der Waals surface area contributed by atoms with Crippen LogP contribution in [0.5, 0.6) is 5.75 Å². The van der Waals surface area contributed by atoms with E-state index in [0.717, 1.165) is 43.8 Å². The Balaban J connectivity index is 1.41. The maximum absolute atomic E-state index is 13.1. The first-order valence-corrected chi connectivity index (χ1v) is 9.95. The van der Waals surface area contributed by atoms with Gasteiger partial charge >= 0.3 is 0 Å². The van der Waals surface area contributed by atoms with Crippen LogP contribution in [-0.4, -0.2) is 37.0 Å². The Hall–Kier alpha value is -2.40. The van der Waals surface area contributed by atoms with Gasteiger partial charge in [0.05, 0.1) is 12.5 Å². The predicted molar refractivity (Wildman–Crippen MR) is 109 cm³/mol. The quantitative estimate of drug-likeness (QED) is 0.738. The number of carbonyl (C=O) groups excluding carboxylic acids is 1. The van der Waals surface area contributed by atoms with Gasteiger partial charge in [-0.1, -0.05) is 18.2 Å². The van der Waals surface area contributed by atoms with Gasteiger partial charge in [0.25, 0.3) is 0 Å². The number of nitrogens with zero attached hydrogens (tertiary/aromatic N) is 1. The first kappa shape index (κ1) is 20.3. The standard InChI is InChI=1S/C23H29FN2O2/c1-17-12-18(2)14-22(13-17)28-11-9-25-23(27)20-4-3-10-26(16-20)15-19-5-7-21(24)8-6-19/h5-8,12-14,20H,3-4,9-11,15-16H2,1-2H3,(H,25,27). The first-order valence-electron chi connectivity index (χ1n) is 9.95. The largest absolute Gasteiger partial charge is 0.492 e. The van der Waals surface area contributed by atoms with Crippen molar-refractivity contribution in [2.45, 2.75) is 33.2 Å². The van der Waals surface area contributed by atoms with Gasteiger partial charge in [0.1, 0.15) is 18.2 Å². The number of halogens is 1. The summed E-state index contributed by atoms with van der Waals surface area (Å²) in [5, 5.41) is 3.00. The Morgan fingerprint density at radius 1 is 1.18 bits per heavy atom. The normalized spacial score (nSPS) is 17.3. The van der Waals surface area contributed by atoms with Gasteiger partial charge in [-0.25, -0.2) is 4.39 Å². The molecule has 1 amide bonds. The molecule has 3 rings (SSSR count).